The zero-order chi connectivity index (χ0) is 10.5. The molecule has 0 bridgehead atoms. The summed E-state index contributed by atoms with van der Waals surface area (Å²) in [5.74, 6) is 0. The maximum atomic E-state index is 9.51. The largest absolute Gasteiger partial charge is 0.393 e. The van der Waals surface area contributed by atoms with Crippen LogP contribution in [-0.2, 0) is 6.54 Å². The van der Waals surface area contributed by atoms with E-state index in [1.165, 1.54) is 6.33 Å². The fourth-order valence-corrected chi connectivity index (χ4v) is 2.03. The van der Waals surface area contributed by atoms with Crippen molar-refractivity contribution in [3.63, 3.8) is 0 Å². The summed E-state index contributed by atoms with van der Waals surface area (Å²) in [5.41, 5.74) is 1.09. The summed E-state index contributed by atoms with van der Waals surface area (Å²) in [6.07, 6.45) is 9.14. The predicted molar refractivity (Wildman–Crippen MR) is 57.1 cm³/mol. The van der Waals surface area contributed by atoms with Crippen LogP contribution in [0, 0.1) is 0 Å². The maximum Gasteiger partial charge on any atom is 0.115 e. The minimum atomic E-state index is -0.122. The predicted octanol–water partition coefficient (Wildman–Crippen LogP) is 0.870. The van der Waals surface area contributed by atoms with Gasteiger partial charge in [-0.2, -0.15) is 0 Å². The molecule has 0 aromatic carbocycles. The molecule has 1 aliphatic carbocycles. The van der Waals surface area contributed by atoms with Crippen LogP contribution in [0.2, 0.25) is 0 Å². The van der Waals surface area contributed by atoms with Crippen molar-refractivity contribution < 1.29 is 5.11 Å². The van der Waals surface area contributed by atoms with Gasteiger partial charge in [0.25, 0.3) is 0 Å². The maximum absolute atomic E-state index is 9.51. The molecule has 1 aromatic heterocycles. The molecule has 0 radical (unpaired) electrons. The highest BCUT2D eigenvalue weighted by molar-refractivity contribution is 5.01. The molecular formula is C11H17N3O. The average molecular weight is 207 g/mol. The van der Waals surface area contributed by atoms with Gasteiger partial charge in [-0.3, -0.25) is 0 Å². The van der Waals surface area contributed by atoms with Crippen LogP contribution in [0.3, 0.4) is 0 Å². The Morgan fingerprint density at radius 2 is 2.13 bits per heavy atom. The Hall–Kier alpha value is -1.00. The van der Waals surface area contributed by atoms with E-state index in [0.29, 0.717) is 6.04 Å². The molecule has 1 aromatic rings. The summed E-state index contributed by atoms with van der Waals surface area (Å²) in [6.45, 7) is 0.790. The van der Waals surface area contributed by atoms with Crippen LogP contribution in [-0.4, -0.2) is 27.2 Å². The fourth-order valence-electron chi connectivity index (χ4n) is 2.03. The van der Waals surface area contributed by atoms with E-state index >= 15 is 0 Å². The molecule has 2 rings (SSSR count). The first-order valence-electron chi connectivity index (χ1n) is 5.50. The second-order valence-corrected chi connectivity index (χ2v) is 4.14. The third kappa shape index (κ3) is 3.25. The zero-order valence-electron chi connectivity index (χ0n) is 8.76. The molecule has 4 nitrogen and oxygen atoms in total. The van der Waals surface area contributed by atoms with Crippen LogP contribution in [0.1, 0.15) is 31.2 Å². The van der Waals surface area contributed by atoms with Crippen molar-refractivity contribution in [1.29, 1.82) is 0 Å². The van der Waals surface area contributed by atoms with Crippen LogP contribution >= 0.6 is 0 Å². The molecule has 1 fully saturated rings. The van der Waals surface area contributed by atoms with Crippen LogP contribution in [0.25, 0.3) is 0 Å². The van der Waals surface area contributed by atoms with E-state index in [1.54, 1.807) is 0 Å². The van der Waals surface area contributed by atoms with Gasteiger partial charge in [0, 0.05) is 30.5 Å². The van der Waals surface area contributed by atoms with Gasteiger partial charge >= 0.3 is 0 Å². The zero-order valence-corrected chi connectivity index (χ0v) is 8.76. The molecule has 0 aliphatic heterocycles. The van der Waals surface area contributed by atoms with Crippen molar-refractivity contribution >= 4 is 0 Å². The van der Waals surface area contributed by atoms with Gasteiger partial charge in [0.05, 0.1) is 6.10 Å². The third-order valence-corrected chi connectivity index (χ3v) is 2.86. The summed E-state index contributed by atoms with van der Waals surface area (Å²) in [6, 6.07) is 0.439. The first kappa shape index (κ1) is 10.5. The lowest BCUT2D eigenvalue weighted by molar-refractivity contribution is 0.111. The molecule has 15 heavy (non-hydrogen) atoms. The van der Waals surface area contributed by atoms with Gasteiger partial charge in [-0.1, -0.05) is 0 Å². The normalized spacial score (nSPS) is 26.5. The highest BCUT2D eigenvalue weighted by Crippen LogP contribution is 2.18. The standard InChI is InChI=1S/C11H17N3O/c15-11-3-1-2-10(4-11)14-7-9-5-12-8-13-6-9/h5-6,8,10-11,14-15H,1-4,7H2. The number of hydrogen-bond acceptors (Lipinski definition) is 4. The van der Waals surface area contributed by atoms with Gasteiger partial charge < -0.3 is 10.4 Å². The Labute approximate surface area is 89.8 Å². The van der Waals surface area contributed by atoms with Gasteiger partial charge in [-0.25, -0.2) is 9.97 Å². The lowest BCUT2D eigenvalue weighted by Crippen LogP contribution is -2.35. The molecule has 0 amide bonds. The highest BCUT2D eigenvalue weighted by Gasteiger charge is 2.19. The van der Waals surface area contributed by atoms with E-state index in [4.69, 9.17) is 0 Å². The first-order valence-corrected chi connectivity index (χ1v) is 5.50. The minimum absolute atomic E-state index is 0.122. The molecular weight excluding hydrogens is 190 g/mol. The second kappa shape index (κ2) is 5.19. The van der Waals surface area contributed by atoms with Crippen molar-refractivity contribution in [2.45, 2.75) is 44.4 Å². The smallest absolute Gasteiger partial charge is 0.115 e. The van der Waals surface area contributed by atoms with Gasteiger partial charge in [0.15, 0.2) is 0 Å². The number of aliphatic hydroxyl groups excluding tert-OH is 1. The number of rotatable bonds is 3. The second-order valence-electron chi connectivity index (χ2n) is 4.14. The Balaban J connectivity index is 1.78. The average Bonchev–Trinajstić information content (AvgIpc) is 2.28. The van der Waals surface area contributed by atoms with E-state index in [9.17, 15) is 5.11 Å². The highest BCUT2D eigenvalue weighted by atomic mass is 16.3. The number of aromatic nitrogens is 2. The summed E-state index contributed by atoms with van der Waals surface area (Å²) >= 11 is 0. The quantitative estimate of drug-likeness (QED) is 0.772. The third-order valence-electron chi connectivity index (χ3n) is 2.86. The summed E-state index contributed by atoms with van der Waals surface area (Å²) in [5, 5.41) is 12.9. The lowest BCUT2D eigenvalue weighted by atomic mass is 9.93. The molecule has 2 unspecified atom stereocenters. The van der Waals surface area contributed by atoms with E-state index < -0.39 is 0 Å². The van der Waals surface area contributed by atoms with Gasteiger partial charge in [0.2, 0.25) is 0 Å². The van der Waals surface area contributed by atoms with E-state index in [0.717, 1.165) is 37.8 Å². The van der Waals surface area contributed by atoms with Crippen molar-refractivity contribution in [3.8, 4) is 0 Å². The molecule has 2 atom stereocenters. The Morgan fingerprint density at radius 3 is 2.87 bits per heavy atom. The van der Waals surface area contributed by atoms with Crippen molar-refractivity contribution in [1.82, 2.24) is 15.3 Å². The summed E-state index contributed by atoms with van der Waals surface area (Å²) < 4.78 is 0. The Morgan fingerprint density at radius 1 is 1.33 bits per heavy atom. The van der Waals surface area contributed by atoms with Gasteiger partial charge in [-0.15, -0.1) is 0 Å². The van der Waals surface area contributed by atoms with Crippen LogP contribution in [0.5, 0.6) is 0 Å². The Kier molecular flexibility index (Phi) is 3.64. The monoisotopic (exact) mass is 207 g/mol. The number of nitrogens with one attached hydrogen (secondary N) is 1. The van der Waals surface area contributed by atoms with Crippen molar-refractivity contribution in [2.75, 3.05) is 0 Å². The van der Waals surface area contributed by atoms with Crippen LogP contribution < -0.4 is 5.32 Å². The van der Waals surface area contributed by atoms with Crippen LogP contribution in [0.15, 0.2) is 18.7 Å². The molecule has 0 saturated heterocycles. The molecule has 1 heterocycles. The van der Waals surface area contributed by atoms with Gasteiger partial charge in [-0.05, 0) is 25.7 Å². The minimum Gasteiger partial charge on any atom is -0.393 e. The van der Waals surface area contributed by atoms with Crippen molar-refractivity contribution in [2.24, 2.45) is 0 Å². The number of aliphatic hydroxyl groups is 1. The molecule has 4 heteroatoms. The first-order chi connectivity index (χ1) is 7.34. The fraction of sp³-hybridized carbons (Fsp3) is 0.636. The molecule has 82 valence electrons. The topological polar surface area (TPSA) is 58.0 Å². The molecule has 0 spiro atoms. The van der Waals surface area contributed by atoms with Gasteiger partial charge in [0.1, 0.15) is 6.33 Å². The SMILES string of the molecule is OC1CCCC(NCc2cncnc2)C1. The lowest BCUT2D eigenvalue weighted by Gasteiger charge is -2.26. The molecule has 1 aliphatic rings. The van der Waals surface area contributed by atoms with Crippen molar-refractivity contribution in [3.05, 3.63) is 24.3 Å². The van der Waals surface area contributed by atoms with E-state index in [2.05, 4.69) is 15.3 Å². The Bertz CT molecular complexity index is 291. The number of hydrogen-bond donors (Lipinski definition) is 2. The number of nitrogens with zero attached hydrogens (tertiary/aromatic N) is 2. The summed E-state index contributed by atoms with van der Waals surface area (Å²) in [4.78, 5) is 7.93. The summed E-state index contributed by atoms with van der Waals surface area (Å²) in [7, 11) is 0. The van der Waals surface area contributed by atoms with Crippen LogP contribution in [0.4, 0.5) is 0 Å². The van der Waals surface area contributed by atoms with E-state index in [1.807, 2.05) is 12.4 Å². The molecule has 1 saturated carbocycles. The van der Waals surface area contributed by atoms with E-state index in [-0.39, 0.29) is 6.10 Å². The molecule has 2 N–H and O–H groups in total.